The molecule has 1 fully saturated rings. The van der Waals surface area contributed by atoms with E-state index in [4.69, 9.17) is 5.11 Å². The number of benzene rings is 1. The van der Waals surface area contributed by atoms with Gasteiger partial charge in [0.05, 0.1) is 17.6 Å². The van der Waals surface area contributed by atoms with E-state index in [0.29, 0.717) is 18.4 Å². The summed E-state index contributed by atoms with van der Waals surface area (Å²) in [4.78, 5) is 23.0. The van der Waals surface area contributed by atoms with Crippen LogP contribution in [-0.2, 0) is 11.2 Å². The molecule has 0 unspecified atom stereocenters. The van der Waals surface area contributed by atoms with Gasteiger partial charge in [-0.15, -0.1) is 0 Å². The summed E-state index contributed by atoms with van der Waals surface area (Å²) >= 11 is 0. The number of rotatable bonds is 5. The molecule has 1 aliphatic carbocycles. The number of aromatic carboxylic acids is 1. The molecule has 3 N–H and O–H groups in total. The summed E-state index contributed by atoms with van der Waals surface area (Å²) in [6.07, 6.45) is 4.52. The van der Waals surface area contributed by atoms with Crippen LogP contribution in [-0.4, -0.2) is 34.2 Å². The first-order valence-electron chi connectivity index (χ1n) is 7.30. The van der Waals surface area contributed by atoms with Gasteiger partial charge in [0.1, 0.15) is 0 Å². The molecule has 0 saturated heterocycles. The molecule has 2 rings (SSSR count). The first kappa shape index (κ1) is 15.5. The van der Waals surface area contributed by atoms with Crippen molar-refractivity contribution in [3.8, 4) is 0 Å². The number of carbonyl (C=O) groups excluding carboxylic acids is 1. The van der Waals surface area contributed by atoms with Crippen molar-refractivity contribution in [2.24, 2.45) is 0 Å². The summed E-state index contributed by atoms with van der Waals surface area (Å²) in [6, 6.07) is 6.47. The Morgan fingerprint density at radius 1 is 1.14 bits per heavy atom. The summed E-state index contributed by atoms with van der Waals surface area (Å²) in [6.45, 7) is 0.237. The Labute approximate surface area is 124 Å². The van der Waals surface area contributed by atoms with E-state index >= 15 is 0 Å². The predicted molar refractivity (Wildman–Crippen MR) is 78.1 cm³/mol. The molecule has 0 aromatic heterocycles. The van der Waals surface area contributed by atoms with Crippen molar-refractivity contribution in [1.29, 1.82) is 0 Å². The molecule has 5 heteroatoms. The normalized spacial score (nSPS) is 17.2. The topological polar surface area (TPSA) is 86.6 Å². The number of carboxylic acid groups (broad SMARTS) is 1. The number of carbonyl (C=O) groups is 2. The van der Waals surface area contributed by atoms with Crippen molar-refractivity contribution < 1.29 is 19.8 Å². The monoisotopic (exact) mass is 291 g/mol. The molecule has 0 spiro atoms. The van der Waals surface area contributed by atoms with Crippen molar-refractivity contribution in [2.75, 3.05) is 6.54 Å². The maximum Gasteiger partial charge on any atom is 0.335 e. The van der Waals surface area contributed by atoms with E-state index in [1.165, 1.54) is 6.07 Å². The number of hydrogen-bond acceptors (Lipinski definition) is 3. The van der Waals surface area contributed by atoms with E-state index in [1.807, 2.05) is 0 Å². The third kappa shape index (κ3) is 4.29. The van der Waals surface area contributed by atoms with Crippen molar-refractivity contribution in [3.05, 3.63) is 35.4 Å². The largest absolute Gasteiger partial charge is 0.478 e. The number of carboxylic acids is 1. The van der Waals surface area contributed by atoms with Gasteiger partial charge < -0.3 is 15.5 Å². The second kappa shape index (κ2) is 6.72. The van der Waals surface area contributed by atoms with E-state index in [-0.39, 0.29) is 24.4 Å². The van der Waals surface area contributed by atoms with E-state index in [2.05, 4.69) is 5.32 Å². The van der Waals surface area contributed by atoms with Gasteiger partial charge in [-0.05, 0) is 24.5 Å². The molecule has 114 valence electrons. The Hall–Kier alpha value is -1.88. The van der Waals surface area contributed by atoms with Gasteiger partial charge in [-0.1, -0.05) is 37.5 Å². The highest BCUT2D eigenvalue weighted by molar-refractivity contribution is 5.91. The molecule has 0 aliphatic heterocycles. The van der Waals surface area contributed by atoms with Gasteiger partial charge in [0, 0.05) is 6.54 Å². The lowest BCUT2D eigenvalue weighted by Gasteiger charge is -2.32. The second-order valence-corrected chi connectivity index (χ2v) is 5.70. The van der Waals surface area contributed by atoms with Crippen molar-refractivity contribution in [1.82, 2.24) is 5.32 Å². The van der Waals surface area contributed by atoms with Crippen LogP contribution in [0.1, 0.15) is 48.0 Å². The summed E-state index contributed by atoms with van der Waals surface area (Å²) in [5.41, 5.74) is -0.178. The molecule has 0 heterocycles. The summed E-state index contributed by atoms with van der Waals surface area (Å²) < 4.78 is 0. The average molecular weight is 291 g/mol. The molecular weight excluding hydrogens is 270 g/mol. The Morgan fingerprint density at radius 3 is 2.48 bits per heavy atom. The summed E-state index contributed by atoms with van der Waals surface area (Å²) in [5.74, 6) is -1.30. The van der Waals surface area contributed by atoms with Gasteiger partial charge in [0.15, 0.2) is 0 Å². The fourth-order valence-electron chi connectivity index (χ4n) is 2.77. The van der Waals surface area contributed by atoms with E-state index in [9.17, 15) is 14.7 Å². The Bertz CT molecular complexity index is 521. The number of nitrogens with one attached hydrogen (secondary N) is 1. The van der Waals surface area contributed by atoms with Gasteiger partial charge in [0.2, 0.25) is 5.91 Å². The quantitative estimate of drug-likeness (QED) is 0.771. The van der Waals surface area contributed by atoms with E-state index in [1.54, 1.807) is 18.2 Å². The molecule has 0 bridgehead atoms. The van der Waals surface area contributed by atoms with Crippen LogP contribution in [0.3, 0.4) is 0 Å². The van der Waals surface area contributed by atoms with Crippen LogP contribution in [0.2, 0.25) is 0 Å². The first-order chi connectivity index (χ1) is 10.0. The van der Waals surface area contributed by atoms with Gasteiger partial charge in [-0.25, -0.2) is 4.79 Å². The van der Waals surface area contributed by atoms with Crippen LogP contribution in [0.4, 0.5) is 0 Å². The Kier molecular flexibility index (Phi) is 4.96. The minimum atomic E-state index is -1.04. The highest BCUT2D eigenvalue weighted by atomic mass is 16.4. The number of hydrogen-bond donors (Lipinski definition) is 3. The number of amides is 1. The molecule has 0 atom stereocenters. The molecule has 1 amide bonds. The SMILES string of the molecule is O=C(Cc1ccccc1C(=O)O)NCC1(O)CCCCC1. The molecule has 1 saturated carbocycles. The van der Waals surface area contributed by atoms with Crippen LogP contribution in [0.15, 0.2) is 24.3 Å². The smallest absolute Gasteiger partial charge is 0.335 e. The van der Waals surface area contributed by atoms with Gasteiger partial charge in [-0.2, -0.15) is 0 Å². The third-order valence-corrected chi connectivity index (χ3v) is 4.00. The minimum absolute atomic E-state index is 0.0125. The first-order valence-corrected chi connectivity index (χ1v) is 7.30. The van der Waals surface area contributed by atoms with Crippen LogP contribution in [0.25, 0.3) is 0 Å². The van der Waals surface area contributed by atoms with Crippen LogP contribution < -0.4 is 5.32 Å². The zero-order chi connectivity index (χ0) is 15.3. The zero-order valence-corrected chi connectivity index (χ0v) is 12.0. The minimum Gasteiger partial charge on any atom is -0.478 e. The van der Waals surface area contributed by atoms with Crippen LogP contribution in [0.5, 0.6) is 0 Å². The van der Waals surface area contributed by atoms with Crippen molar-refractivity contribution in [3.63, 3.8) is 0 Å². The predicted octanol–water partition coefficient (Wildman–Crippen LogP) is 1.74. The standard InChI is InChI=1S/C16H21NO4/c18-14(17-11-16(21)8-4-1-5-9-16)10-12-6-2-3-7-13(12)15(19)20/h2-3,6-7,21H,1,4-5,8-11H2,(H,17,18)(H,19,20). The summed E-state index contributed by atoms with van der Waals surface area (Å²) in [5, 5.41) is 22.1. The average Bonchev–Trinajstić information content (AvgIpc) is 2.46. The van der Waals surface area contributed by atoms with Crippen molar-refractivity contribution >= 4 is 11.9 Å². The van der Waals surface area contributed by atoms with Gasteiger partial charge in [-0.3, -0.25) is 4.79 Å². The Morgan fingerprint density at radius 2 is 1.81 bits per heavy atom. The third-order valence-electron chi connectivity index (χ3n) is 4.00. The van der Waals surface area contributed by atoms with Crippen LogP contribution in [0, 0.1) is 0 Å². The molecule has 21 heavy (non-hydrogen) atoms. The second-order valence-electron chi connectivity index (χ2n) is 5.70. The molecule has 1 aromatic carbocycles. The summed E-state index contributed by atoms with van der Waals surface area (Å²) in [7, 11) is 0. The highest BCUT2D eigenvalue weighted by Gasteiger charge is 2.29. The van der Waals surface area contributed by atoms with E-state index in [0.717, 1.165) is 19.3 Å². The maximum absolute atomic E-state index is 12.0. The van der Waals surface area contributed by atoms with Crippen LogP contribution >= 0.6 is 0 Å². The van der Waals surface area contributed by atoms with Crippen molar-refractivity contribution in [2.45, 2.75) is 44.1 Å². The molecule has 0 radical (unpaired) electrons. The molecule has 5 nitrogen and oxygen atoms in total. The lowest BCUT2D eigenvalue weighted by molar-refractivity contribution is -0.122. The number of aliphatic hydroxyl groups is 1. The lowest BCUT2D eigenvalue weighted by Crippen LogP contribution is -2.44. The lowest BCUT2D eigenvalue weighted by atomic mass is 9.85. The highest BCUT2D eigenvalue weighted by Crippen LogP contribution is 2.27. The molecular formula is C16H21NO4. The van der Waals surface area contributed by atoms with Gasteiger partial charge >= 0.3 is 5.97 Å². The fourth-order valence-corrected chi connectivity index (χ4v) is 2.77. The molecule has 1 aliphatic rings. The maximum atomic E-state index is 12.0. The molecule has 1 aromatic rings. The zero-order valence-electron chi connectivity index (χ0n) is 12.0. The van der Waals surface area contributed by atoms with E-state index < -0.39 is 11.6 Å². The fraction of sp³-hybridized carbons (Fsp3) is 0.500. The van der Waals surface area contributed by atoms with Gasteiger partial charge in [0.25, 0.3) is 0 Å². The Balaban J connectivity index is 1.91.